The highest BCUT2D eigenvalue weighted by atomic mass is 16.2. The van der Waals surface area contributed by atoms with Crippen molar-refractivity contribution in [2.45, 2.75) is 31.3 Å². The van der Waals surface area contributed by atoms with Crippen molar-refractivity contribution in [3.05, 3.63) is 0 Å². The van der Waals surface area contributed by atoms with E-state index >= 15 is 0 Å². The number of hydrogen-bond donors (Lipinski definition) is 2. The lowest BCUT2D eigenvalue weighted by atomic mass is 10.1. The molecule has 0 aromatic rings. The molecule has 0 bridgehead atoms. The molecule has 1 saturated heterocycles. The lowest BCUT2D eigenvalue weighted by molar-refractivity contribution is -0.136. The van der Waals surface area contributed by atoms with Gasteiger partial charge in [0.2, 0.25) is 11.8 Å². The fourth-order valence-electron chi connectivity index (χ4n) is 1.73. The van der Waals surface area contributed by atoms with Gasteiger partial charge in [-0.15, -0.1) is 0 Å². The van der Waals surface area contributed by atoms with Crippen molar-refractivity contribution in [2.24, 2.45) is 0 Å². The predicted molar refractivity (Wildman–Crippen MR) is 55.2 cm³/mol. The van der Waals surface area contributed by atoms with E-state index in [2.05, 4.69) is 10.6 Å². The summed E-state index contributed by atoms with van der Waals surface area (Å²) in [7, 11) is 1.77. The van der Waals surface area contributed by atoms with E-state index in [-0.39, 0.29) is 24.3 Å². The lowest BCUT2D eigenvalue weighted by Crippen LogP contribution is -2.54. The van der Waals surface area contributed by atoms with E-state index in [4.69, 9.17) is 0 Å². The second-order valence-corrected chi connectivity index (χ2v) is 4.31. The molecule has 0 aromatic carbocycles. The minimum atomic E-state index is -0.331. The quantitative estimate of drug-likeness (QED) is 0.635. The van der Waals surface area contributed by atoms with Gasteiger partial charge in [0.15, 0.2) is 0 Å². The van der Waals surface area contributed by atoms with Crippen molar-refractivity contribution < 1.29 is 9.59 Å². The van der Waals surface area contributed by atoms with E-state index in [0.29, 0.717) is 6.04 Å². The van der Waals surface area contributed by atoms with Crippen LogP contribution in [0.3, 0.4) is 0 Å². The van der Waals surface area contributed by atoms with Crippen LogP contribution in [-0.2, 0) is 9.59 Å². The Bertz CT molecular complexity index is 276. The highest BCUT2D eigenvalue weighted by Gasteiger charge is 2.30. The normalized spacial score (nSPS) is 26.6. The van der Waals surface area contributed by atoms with E-state index in [1.54, 1.807) is 11.9 Å². The average molecular weight is 211 g/mol. The van der Waals surface area contributed by atoms with Gasteiger partial charge >= 0.3 is 0 Å². The molecule has 15 heavy (non-hydrogen) atoms. The summed E-state index contributed by atoms with van der Waals surface area (Å²) in [6.07, 6.45) is 2.43. The SMILES string of the molecule is CN1CCNC(CC(=O)NC2CC2)C1=O. The number of amides is 2. The molecule has 5 nitrogen and oxygen atoms in total. The summed E-state index contributed by atoms with van der Waals surface area (Å²) in [5.41, 5.74) is 0. The summed E-state index contributed by atoms with van der Waals surface area (Å²) >= 11 is 0. The van der Waals surface area contributed by atoms with Crippen molar-refractivity contribution in [1.29, 1.82) is 0 Å². The topological polar surface area (TPSA) is 61.4 Å². The number of likely N-dealkylation sites (N-methyl/N-ethyl adjacent to an activating group) is 1. The molecule has 1 heterocycles. The number of carbonyl (C=O) groups excluding carboxylic acids is 2. The molecule has 1 aliphatic heterocycles. The minimum Gasteiger partial charge on any atom is -0.353 e. The van der Waals surface area contributed by atoms with Crippen LogP contribution in [0.5, 0.6) is 0 Å². The molecular formula is C10H17N3O2. The molecule has 2 fully saturated rings. The standard InChI is InChI=1S/C10H17N3O2/c1-13-5-4-11-8(10(13)15)6-9(14)12-7-2-3-7/h7-8,11H,2-6H2,1H3,(H,12,14). The first-order valence-corrected chi connectivity index (χ1v) is 5.44. The molecule has 2 rings (SSSR count). The van der Waals surface area contributed by atoms with Crippen molar-refractivity contribution in [1.82, 2.24) is 15.5 Å². The number of carbonyl (C=O) groups is 2. The molecule has 1 aliphatic carbocycles. The predicted octanol–water partition coefficient (Wildman–Crippen LogP) is -0.915. The van der Waals surface area contributed by atoms with Gasteiger partial charge in [0, 0.05) is 26.2 Å². The van der Waals surface area contributed by atoms with Gasteiger partial charge in [-0.3, -0.25) is 9.59 Å². The van der Waals surface area contributed by atoms with Crippen molar-refractivity contribution in [3.8, 4) is 0 Å². The van der Waals surface area contributed by atoms with Crippen molar-refractivity contribution in [3.63, 3.8) is 0 Å². The van der Waals surface area contributed by atoms with Crippen LogP contribution in [-0.4, -0.2) is 48.9 Å². The van der Waals surface area contributed by atoms with Gasteiger partial charge in [-0.2, -0.15) is 0 Å². The molecule has 2 amide bonds. The summed E-state index contributed by atoms with van der Waals surface area (Å²) in [5.74, 6) is 0.00541. The molecule has 2 N–H and O–H groups in total. The Morgan fingerprint density at radius 3 is 3.00 bits per heavy atom. The fourth-order valence-corrected chi connectivity index (χ4v) is 1.73. The average Bonchev–Trinajstić information content (AvgIpc) is 2.97. The van der Waals surface area contributed by atoms with Gasteiger partial charge in [0.25, 0.3) is 0 Å². The number of nitrogens with zero attached hydrogens (tertiary/aromatic N) is 1. The second-order valence-electron chi connectivity index (χ2n) is 4.31. The zero-order chi connectivity index (χ0) is 10.8. The van der Waals surface area contributed by atoms with E-state index in [1.807, 2.05) is 0 Å². The third-order valence-electron chi connectivity index (χ3n) is 2.84. The van der Waals surface area contributed by atoms with Gasteiger partial charge in [0.1, 0.15) is 0 Å². The first-order valence-electron chi connectivity index (χ1n) is 5.44. The summed E-state index contributed by atoms with van der Waals surface area (Å²) in [5, 5.41) is 5.96. The summed E-state index contributed by atoms with van der Waals surface area (Å²) < 4.78 is 0. The van der Waals surface area contributed by atoms with Crippen molar-refractivity contribution in [2.75, 3.05) is 20.1 Å². The highest BCUT2D eigenvalue weighted by molar-refractivity contribution is 5.88. The summed E-state index contributed by atoms with van der Waals surface area (Å²) in [6, 6.07) is 0.0384. The van der Waals surface area contributed by atoms with Crippen LogP contribution >= 0.6 is 0 Å². The molecule has 1 unspecified atom stereocenters. The van der Waals surface area contributed by atoms with Crippen LogP contribution in [0.1, 0.15) is 19.3 Å². The lowest BCUT2D eigenvalue weighted by Gasteiger charge is -2.29. The fraction of sp³-hybridized carbons (Fsp3) is 0.800. The number of hydrogen-bond acceptors (Lipinski definition) is 3. The minimum absolute atomic E-state index is 0.0151. The molecule has 2 aliphatic rings. The van der Waals surface area contributed by atoms with Gasteiger partial charge < -0.3 is 15.5 Å². The zero-order valence-corrected chi connectivity index (χ0v) is 8.95. The maximum absolute atomic E-state index is 11.6. The first kappa shape index (κ1) is 10.4. The molecule has 5 heteroatoms. The van der Waals surface area contributed by atoms with Crippen LogP contribution in [0, 0.1) is 0 Å². The third kappa shape index (κ3) is 2.68. The number of piperazine rings is 1. The van der Waals surface area contributed by atoms with Gasteiger partial charge in [-0.1, -0.05) is 0 Å². The summed E-state index contributed by atoms with van der Waals surface area (Å²) in [4.78, 5) is 24.8. The van der Waals surface area contributed by atoms with Crippen LogP contribution in [0.2, 0.25) is 0 Å². The third-order valence-corrected chi connectivity index (χ3v) is 2.84. The molecule has 0 radical (unpaired) electrons. The Balaban J connectivity index is 1.81. The molecule has 0 spiro atoms. The Morgan fingerprint density at radius 1 is 1.60 bits per heavy atom. The Labute approximate surface area is 89.2 Å². The molecule has 1 saturated carbocycles. The van der Waals surface area contributed by atoms with Crippen LogP contribution in [0.15, 0.2) is 0 Å². The van der Waals surface area contributed by atoms with Crippen LogP contribution < -0.4 is 10.6 Å². The Hall–Kier alpha value is -1.10. The molecular weight excluding hydrogens is 194 g/mol. The van der Waals surface area contributed by atoms with Gasteiger partial charge in [0.05, 0.1) is 12.5 Å². The van der Waals surface area contributed by atoms with Gasteiger partial charge in [-0.25, -0.2) is 0 Å². The van der Waals surface area contributed by atoms with E-state index < -0.39 is 0 Å². The van der Waals surface area contributed by atoms with Gasteiger partial charge in [-0.05, 0) is 12.8 Å². The van der Waals surface area contributed by atoms with E-state index in [9.17, 15) is 9.59 Å². The van der Waals surface area contributed by atoms with E-state index in [0.717, 1.165) is 25.9 Å². The zero-order valence-electron chi connectivity index (χ0n) is 8.95. The molecule has 0 aromatic heterocycles. The maximum Gasteiger partial charge on any atom is 0.240 e. The number of rotatable bonds is 3. The summed E-state index contributed by atoms with van der Waals surface area (Å²) in [6.45, 7) is 1.49. The van der Waals surface area contributed by atoms with Crippen molar-refractivity contribution >= 4 is 11.8 Å². The molecule has 84 valence electrons. The Kier molecular flexibility index (Phi) is 2.90. The highest BCUT2D eigenvalue weighted by Crippen LogP contribution is 2.18. The number of nitrogens with one attached hydrogen (secondary N) is 2. The van der Waals surface area contributed by atoms with Crippen LogP contribution in [0.25, 0.3) is 0 Å². The Morgan fingerprint density at radius 2 is 2.33 bits per heavy atom. The largest absolute Gasteiger partial charge is 0.353 e. The molecule has 1 atom stereocenters. The second kappa shape index (κ2) is 4.18. The van der Waals surface area contributed by atoms with E-state index in [1.165, 1.54) is 0 Å². The monoisotopic (exact) mass is 211 g/mol. The van der Waals surface area contributed by atoms with Crippen LogP contribution in [0.4, 0.5) is 0 Å². The first-order chi connectivity index (χ1) is 7.16. The maximum atomic E-state index is 11.6. The smallest absolute Gasteiger partial charge is 0.240 e.